The first kappa shape index (κ1) is 26.0. The molecule has 2 aromatic heterocycles. The number of nitrogens with zero attached hydrogens (tertiary/aromatic N) is 5. The van der Waals surface area contributed by atoms with Gasteiger partial charge in [-0.1, -0.05) is 32.0 Å². The Morgan fingerprint density at radius 1 is 1.11 bits per heavy atom. The minimum atomic E-state index is 0.0228. The van der Waals surface area contributed by atoms with Gasteiger partial charge in [-0.3, -0.25) is 9.13 Å². The Kier molecular flexibility index (Phi) is 7.83. The van der Waals surface area contributed by atoms with E-state index < -0.39 is 0 Å². The molecular weight excluding hydrogens is 480 g/mol. The number of benzene rings is 2. The number of para-hydroxylation sites is 2. The summed E-state index contributed by atoms with van der Waals surface area (Å²) in [4.78, 5) is 16.1. The van der Waals surface area contributed by atoms with Gasteiger partial charge >= 0.3 is 5.69 Å². The van der Waals surface area contributed by atoms with Gasteiger partial charge in [0.1, 0.15) is 23.3 Å². The Labute approximate surface area is 223 Å². The zero-order valence-electron chi connectivity index (χ0n) is 22.8. The third kappa shape index (κ3) is 5.48. The van der Waals surface area contributed by atoms with Crippen LogP contribution in [0.1, 0.15) is 50.4 Å². The van der Waals surface area contributed by atoms with Crippen molar-refractivity contribution < 1.29 is 9.47 Å². The Balaban J connectivity index is 1.24. The lowest BCUT2D eigenvalue weighted by atomic mass is 10.0. The van der Waals surface area contributed by atoms with Crippen LogP contribution in [0.3, 0.4) is 0 Å². The van der Waals surface area contributed by atoms with Crippen molar-refractivity contribution in [1.82, 2.24) is 29.4 Å². The largest absolute Gasteiger partial charge is 0.497 e. The number of methoxy groups -OCH3 is 1. The molecule has 5 rings (SSSR count). The maximum Gasteiger partial charge on any atom is 0.329 e. The molecule has 3 heterocycles. The number of aryl methyl sites for hydroxylation is 1. The van der Waals surface area contributed by atoms with Gasteiger partial charge in [0, 0.05) is 31.7 Å². The molecule has 0 amide bonds. The molecule has 4 aromatic rings. The van der Waals surface area contributed by atoms with Gasteiger partial charge in [0.2, 0.25) is 0 Å². The van der Waals surface area contributed by atoms with Gasteiger partial charge in [-0.25, -0.2) is 4.79 Å². The van der Waals surface area contributed by atoms with Gasteiger partial charge in [0.15, 0.2) is 0 Å². The van der Waals surface area contributed by atoms with Crippen LogP contribution in [-0.4, -0.2) is 62.3 Å². The summed E-state index contributed by atoms with van der Waals surface area (Å²) in [5.41, 5.74) is 3.81. The molecule has 38 heavy (non-hydrogen) atoms. The number of nitrogens with one attached hydrogen (secondary N) is 1. The predicted octanol–water partition coefficient (Wildman–Crippen LogP) is 4.42. The molecule has 1 aliphatic heterocycles. The first-order valence-corrected chi connectivity index (χ1v) is 13.5. The maximum atomic E-state index is 13.6. The molecule has 1 atom stereocenters. The van der Waals surface area contributed by atoms with Crippen molar-refractivity contribution in [1.29, 1.82) is 0 Å². The summed E-state index contributed by atoms with van der Waals surface area (Å²) in [5, 5.41) is 10.7. The first-order valence-electron chi connectivity index (χ1n) is 13.5. The van der Waals surface area contributed by atoms with Crippen molar-refractivity contribution in [2.45, 2.75) is 58.7 Å². The highest BCUT2D eigenvalue weighted by atomic mass is 16.5. The number of rotatable bonds is 10. The highest BCUT2D eigenvalue weighted by molar-refractivity contribution is 5.76. The molecule has 0 radical (unpaired) electrons. The quantitative estimate of drug-likeness (QED) is 0.334. The van der Waals surface area contributed by atoms with Crippen LogP contribution in [0.2, 0.25) is 0 Å². The topological polar surface area (TPSA) is 90.2 Å². The molecule has 0 aliphatic carbocycles. The molecule has 1 N–H and O–H groups in total. The average Bonchev–Trinajstić information content (AvgIpc) is 3.54. The molecule has 0 bridgehead atoms. The number of piperidine rings is 1. The number of imidazole rings is 1. The number of fused-ring (bicyclic) bond motifs is 1. The molecular formula is C29H38N6O3. The Bertz CT molecular complexity index is 1400. The second-order valence-corrected chi connectivity index (χ2v) is 10.6. The lowest BCUT2D eigenvalue weighted by Gasteiger charge is -2.34. The summed E-state index contributed by atoms with van der Waals surface area (Å²) >= 11 is 0. The minimum Gasteiger partial charge on any atom is -0.497 e. The lowest BCUT2D eigenvalue weighted by Crippen LogP contribution is -2.40. The predicted molar refractivity (Wildman–Crippen MR) is 148 cm³/mol. The van der Waals surface area contributed by atoms with Gasteiger partial charge in [0.25, 0.3) is 0 Å². The third-order valence-corrected chi connectivity index (χ3v) is 7.72. The number of hydrogen-bond acceptors (Lipinski definition) is 6. The summed E-state index contributed by atoms with van der Waals surface area (Å²) in [7, 11) is 1.68. The number of likely N-dealkylation sites (tertiary alicyclic amines) is 1. The molecule has 0 saturated carbocycles. The normalized spacial score (nSPS) is 15.8. The highest BCUT2D eigenvalue weighted by Gasteiger charge is 2.26. The summed E-state index contributed by atoms with van der Waals surface area (Å²) < 4.78 is 15.7. The summed E-state index contributed by atoms with van der Waals surface area (Å²) in [6, 6.07) is 14.2. The van der Waals surface area contributed by atoms with E-state index in [4.69, 9.17) is 9.47 Å². The van der Waals surface area contributed by atoms with E-state index in [1.54, 1.807) is 13.3 Å². The standard InChI is InChI=1S/C29H38N6O3/c1-20(2)27(38-28-17-24(37-4)10-9-21(28)3)13-16-33-14-11-23(12-15-33)35-26-8-6-5-7-25(26)34(29(35)36)19-22-18-30-32-31-22/h5-10,17-18,20,23,27H,11-16,19H2,1-4H3,(H,30,31,32). The number of aromatic amines is 1. The Morgan fingerprint density at radius 2 is 1.87 bits per heavy atom. The number of ether oxygens (including phenoxy) is 2. The van der Waals surface area contributed by atoms with Crippen LogP contribution in [0, 0.1) is 12.8 Å². The second kappa shape index (κ2) is 11.4. The van der Waals surface area contributed by atoms with Gasteiger partial charge in [-0.15, -0.1) is 0 Å². The van der Waals surface area contributed by atoms with E-state index in [9.17, 15) is 4.79 Å². The molecule has 1 aliphatic rings. The van der Waals surface area contributed by atoms with Crippen molar-refractivity contribution in [3.63, 3.8) is 0 Å². The van der Waals surface area contributed by atoms with Gasteiger partial charge in [-0.2, -0.15) is 15.4 Å². The van der Waals surface area contributed by atoms with E-state index in [1.165, 1.54) is 0 Å². The maximum absolute atomic E-state index is 13.6. The fourth-order valence-corrected chi connectivity index (χ4v) is 5.44. The Morgan fingerprint density at radius 3 is 2.55 bits per heavy atom. The van der Waals surface area contributed by atoms with Crippen LogP contribution < -0.4 is 15.2 Å². The summed E-state index contributed by atoms with van der Waals surface area (Å²) in [6.45, 7) is 9.81. The van der Waals surface area contributed by atoms with Gasteiger partial charge in [-0.05, 0) is 55.9 Å². The van der Waals surface area contributed by atoms with Crippen molar-refractivity contribution in [3.8, 4) is 11.5 Å². The van der Waals surface area contributed by atoms with Crippen LogP contribution in [-0.2, 0) is 6.54 Å². The molecule has 1 unspecified atom stereocenters. The van der Waals surface area contributed by atoms with E-state index in [0.717, 1.165) is 72.7 Å². The van der Waals surface area contributed by atoms with E-state index in [2.05, 4.69) is 41.1 Å². The zero-order chi connectivity index (χ0) is 26.6. The number of hydrogen-bond donors (Lipinski definition) is 1. The van der Waals surface area contributed by atoms with Gasteiger partial charge in [0.05, 0.1) is 30.9 Å². The van der Waals surface area contributed by atoms with Crippen LogP contribution in [0.25, 0.3) is 11.0 Å². The van der Waals surface area contributed by atoms with Crippen molar-refractivity contribution in [3.05, 3.63) is 70.4 Å². The smallest absolute Gasteiger partial charge is 0.329 e. The average molecular weight is 519 g/mol. The molecule has 202 valence electrons. The molecule has 9 nitrogen and oxygen atoms in total. The fraction of sp³-hybridized carbons (Fsp3) is 0.483. The summed E-state index contributed by atoms with van der Waals surface area (Å²) in [6.07, 6.45) is 4.63. The van der Waals surface area contributed by atoms with E-state index in [0.29, 0.717) is 12.5 Å². The molecule has 0 spiro atoms. The van der Waals surface area contributed by atoms with Crippen LogP contribution in [0.15, 0.2) is 53.5 Å². The van der Waals surface area contributed by atoms with Crippen molar-refractivity contribution in [2.24, 2.45) is 5.92 Å². The first-order chi connectivity index (χ1) is 18.4. The molecule has 9 heteroatoms. The van der Waals surface area contributed by atoms with E-state index >= 15 is 0 Å². The minimum absolute atomic E-state index is 0.0228. The number of H-pyrrole nitrogens is 1. The summed E-state index contributed by atoms with van der Waals surface area (Å²) in [5.74, 6) is 2.10. The van der Waals surface area contributed by atoms with E-state index in [1.807, 2.05) is 51.6 Å². The fourth-order valence-electron chi connectivity index (χ4n) is 5.44. The van der Waals surface area contributed by atoms with Crippen molar-refractivity contribution in [2.75, 3.05) is 26.7 Å². The van der Waals surface area contributed by atoms with Gasteiger partial charge < -0.3 is 14.4 Å². The second-order valence-electron chi connectivity index (χ2n) is 10.6. The molecule has 2 aromatic carbocycles. The highest BCUT2D eigenvalue weighted by Crippen LogP contribution is 2.29. The van der Waals surface area contributed by atoms with Crippen LogP contribution >= 0.6 is 0 Å². The van der Waals surface area contributed by atoms with E-state index in [-0.39, 0.29) is 17.8 Å². The Hall–Kier alpha value is -3.59. The van der Waals surface area contributed by atoms with Crippen molar-refractivity contribution >= 4 is 11.0 Å². The monoisotopic (exact) mass is 518 g/mol. The zero-order valence-corrected chi connectivity index (χ0v) is 22.8. The van der Waals surface area contributed by atoms with Crippen LogP contribution in [0.4, 0.5) is 0 Å². The van der Waals surface area contributed by atoms with Crippen LogP contribution in [0.5, 0.6) is 11.5 Å². The number of aromatic nitrogens is 5. The molecule has 1 fully saturated rings. The SMILES string of the molecule is COc1ccc(C)c(OC(CCN2CCC(n3c(=O)n(Cc4cn[nH]n4)c4ccccc43)CC2)C(C)C)c1. The lowest BCUT2D eigenvalue weighted by molar-refractivity contribution is 0.109. The third-order valence-electron chi connectivity index (χ3n) is 7.72. The molecule has 1 saturated heterocycles.